The SMILES string of the molecule is CCCNCc1cc(C)nc(N2CCOCC2CC)c1. The van der Waals surface area contributed by atoms with Gasteiger partial charge in [-0.1, -0.05) is 13.8 Å². The molecule has 0 bridgehead atoms. The molecule has 0 aromatic carbocycles. The van der Waals surface area contributed by atoms with Gasteiger partial charge in [-0.15, -0.1) is 0 Å². The summed E-state index contributed by atoms with van der Waals surface area (Å²) in [6.45, 7) is 11.0. The van der Waals surface area contributed by atoms with Crippen molar-refractivity contribution in [2.45, 2.75) is 46.2 Å². The van der Waals surface area contributed by atoms with Crippen LogP contribution < -0.4 is 10.2 Å². The first-order chi connectivity index (χ1) is 9.74. The summed E-state index contributed by atoms with van der Waals surface area (Å²) in [5.41, 5.74) is 2.42. The Kier molecular flexibility index (Phi) is 5.80. The molecule has 20 heavy (non-hydrogen) atoms. The highest BCUT2D eigenvalue weighted by Crippen LogP contribution is 2.21. The maximum absolute atomic E-state index is 5.58. The molecule has 4 nitrogen and oxygen atoms in total. The van der Waals surface area contributed by atoms with Crippen molar-refractivity contribution in [2.75, 3.05) is 31.2 Å². The molecule has 4 heteroatoms. The molecule has 1 aliphatic rings. The minimum absolute atomic E-state index is 0.453. The number of hydrogen-bond acceptors (Lipinski definition) is 4. The average Bonchev–Trinajstić information content (AvgIpc) is 2.47. The minimum atomic E-state index is 0.453. The van der Waals surface area contributed by atoms with E-state index >= 15 is 0 Å². The molecule has 2 heterocycles. The van der Waals surface area contributed by atoms with Crippen molar-refractivity contribution in [1.29, 1.82) is 0 Å². The number of pyridine rings is 1. The Morgan fingerprint density at radius 3 is 3.00 bits per heavy atom. The predicted octanol–water partition coefficient (Wildman–Crippen LogP) is 2.50. The van der Waals surface area contributed by atoms with Crippen LogP contribution in [0.3, 0.4) is 0 Å². The van der Waals surface area contributed by atoms with Gasteiger partial charge in [0, 0.05) is 18.8 Å². The first-order valence-electron chi connectivity index (χ1n) is 7.77. The molecule has 1 aromatic heterocycles. The maximum Gasteiger partial charge on any atom is 0.129 e. The van der Waals surface area contributed by atoms with Gasteiger partial charge in [-0.2, -0.15) is 0 Å². The Balaban J connectivity index is 2.13. The van der Waals surface area contributed by atoms with E-state index in [1.165, 1.54) is 5.56 Å². The molecule has 1 unspecified atom stereocenters. The van der Waals surface area contributed by atoms with Crippen molar-refractivity contribution in [3.63, 3.8) is 0 Å². The van der Waals surface area contributed by atoms with Crippen LogP contribution in [0.2, 0.25) is 0 Å². The maximum atomic E-state index is 5.58. The zero-order valence-electron chi connectivity index (χ0n) is 13.0. The van der Waals surface area contributed by atoms with E-state index in [9.17, 15) is 0 Å². The number of ether oxygens (including phenoxy) is 1. The Morgan fingerprint density at radius 2 is 2.25 bits per heavy atom. The third kappa shape index (κ3) is 3.93. The molecule has 1 fully saturated rings. The van der Waals surface area contributed by atoms with E-state index in [-0.39, 0.29) is 0 Å². The fraction of sp³-hybridized carbons (Fsp3) is 0.688. The van der Waals surface area contributed by atoms with Crippen LogP contribution in [0.4, 0.5) is 5.82 Å². The Hall–Kier alpha value is -1.13. The fourth-order valence-electron chi connectivity index (χ4n) is 2.67. The summed E-state index contributed by atoms with van der Waals surface area (Å²) >= 11 is 0. The lowest BCUT2D eigenvalue weighted by atomic mass is 10.1. The highest BCUT2D eigenvalue weighted by atomic mass is 16.5. The van der Waals surface area contributed by atoms with Crippen LogP contribution in [0.25, 0.3) is 0 Å². The van der Waals surface area contributed by atoms with E-state index in [2.05, 4.69) is 43.1 Å². The Bertz CT molecular complexity index is 422. The van der Waals surface area contributed by atoms with Gasteiger partial charge in [-0.3, -0.25) is 0 Å². The predicted molar refractivity (Wildman–Crippen MR) is 83.2 cm³/mol. The second kappa shape index (κ2) is 7.60. The molecular formula is C16H27N3O. The van der Waals surface area contributed by atoms with E-state index < -0.39 is 0 Å². The van der Waals surface area contributed by atoms with Gasteiger partial charge < -0.3 is 15.0 Å². The number of aromatic nitrogens is 1. The van der Waals surface area contributed by atoms with Gasteiger partial charge >= 0.3 is 0 Å². The summed E-state index contributed by atoms with van der Waals surface area (Å²) in [6.07, 6.45) is 2.26. The molecule has 0 radical (unpaired) electrons. The molecule has 1 saturated heterocycles. The quantitative estimate of drug-likeness (QED) is 0.811. The van der Waals surface area contributed by atoms with Crippen LogP contribution >= 0.6 is 0 Å². The molecule has 112 valence electrons. The van der Waals surface area contributed by atoms with Crippen molar-refractivity contribution < 1.29 is 4.74 Å². The molecule has 0 saturated carbocycles. The number of aryl methyl sites for hydroxylation is 1. The Morgan fingerprint density at radius 1 is 1.40 bits per heavy atom. The summed E-state index contributed by atoms with van der Waals surface area (Å²) in [7, 11) is 0. The number of rotatable bonds is 6. The van der Waals surface area contributed by atoms with Gasteiger partial charge in [0.2, 0.25) is 0 Å². The fourth-order valence-corrected chi connectivity index (χ4v) is 2.67. The molecule has 1 aliphatic heterocycles. The van der Waals surface area contributed by atoms with Crippen LogP contribution in [-0.2, 0) is 11.3 Å². The molecule has 2 rings (SSSR count). The van der Waals surface area contributed by atoms with E-state index in [1.54, 1.807) is 0 Å². The van der Waals surface area contributed by atoms with E-state index in [1.807, 2.05) is 0 Å². The van der Waals surface area contributed by atoms with E-state index in [4.69, 9.17) is 9.72 Å². The largest absolute Gasteiger partial charge is 0.377 e. The first-order valence-corrected chi connectivity index (χ1v) is 7.77. The molecule has 0 spiro atoms. The third-order valence-corrected chi connectivity index (χ3v) is 3.75. The standard InChI is InChI=1S/C16H27N3O/c1-4-6-17-11-14-9-13(3)18-16(10-14)19-7-8-20-12-15(19)5-2/h9-10,15,17H,4-8,11-12H2,1-3H3. The van der Waals surface area contributed by atoms with Gasteiger partial charge in [-0.25, -0.2) is 4.98 Å². The summed E-state index contributed by atoms with van der Waals surface area (Å²) in [5.74, 6) is 1.11. The highest BCUT2D eigenvalue weighted by Gasteiger charge is 2.22. The second-order valence-corrected chi connectivity index (χ2v) is 5.48. The number of nitrogens with zero attached hydrogens (tertiary/aromatic N) is 2. The normalized spacial score (nSPS) is 19.4. The van der Waals surface area contributed by atoms with Crippen molar-refractivity contribution in [2.24, 2.45) is 0 Å². The van der Waals surface area contributed by atoms with E-state index in [0.717, 1.165) is 57.2 Å². The summed E-state index contributed by atoms with van der Waals surface area (Å²) < 4.78 is 5.58. The lowest BCUT2D eigenvalue weighted by molar-refractivity contribution is 0.0925. The van der Waals surface area contributed by atoms with Crippen molar-refractivity contribution >= 4 is 5.82 Å². The van der Waals surface area contributed by atoms with Crippen molar-refractivity contribution in [1.82, 2.24) is 10.3 Å². The molecule has 0 amide bonds. The summed E-state index contributed by atoms with van der Waals surface area (Å²) in [4.78, 5) is 7.13. The minimum Gasteiger partial charge on any atom is -0.377 e. The number of morpholine rings is 1. The van der Waals surface area contributed by atoms with E-state index in [0.29, 0.717) is 6.04 Å². The van der Waals surface area contributed by atoms with Crippen LogP contribution in [-0.4, -0.2) is 37.3 Å². The molecule has 0 aliphatic carbocycles. The van der Waals surface area contributed by atoms with Crippen molar-refractivity contribution in [3.8, 4) is 0 Å². The Labute approximate surface area is 122 Å². The number of nitrogens with one attached hydrogen (secondary N) is 1. The van der Waals surface area contributed by atoms with Gasteiger partial charge in [-0.05, 0) is 44.0 Å². The van der Waals surface area contributed by atoms with Gasteiger partial charge in [0.1, 0.15) is 5.82 Å². The zero-order chi connectivity index (χ0) is 14.4. The summed E-state index contributed by atoms with van der Waals surface area (Å²) in [5, 5.41) is 3.46. The zero-order valence-corrected chi connectivity index (χ0v) is 13.0. The molecule has 1 aromatic rings. The van der Waals surface area contributed by atoms with Crippen molar-refractivity contribution in [3.05, 3.63) is 23.4 Å². The van der Waals surface area contributed by atoms with Crippen LogP contribution in [0.1, 0.15) is 37.9 Å². The summed E-state index contributed by atoms with van der Waals surface area (Å²) in [6, 6.07) is 4.85. The third-order valence-electron chi connectivity index (χ3n) is 3.75. The lowest BCUT2D eigenvalue weighted by Crippen LogP contribution is -2.45. The van der Waals surface area contributed by atoms with Crippen LogP contribution in [0.15, 0.2) is 12.1 Å². The monoisotopic (exact) mass is 277 g/mol. The number of hydrogen-bond donors (Lipinski definition) is 1. The topological polar surface area (TPSA) is 37.4 Å². The highest BCUT2D eigenvalue weighted by molar-refractivity contribution is 5.44. The molecule has 1 atom stereocenters. The smallest absolute Gasteiger partial charge is 0.129 e. The molecule has 1 N–H and O–H groups in total. The molecular weight excluding hydrogens is 250 g/mol. The second-order valence-electron chi connectivity index (χ2n) is 5.48. The van der Waals surface area contributed by atoms with Crippen LogP contribution in [0, 0.1) is 6.92 Å². The van der Waals surface area contributed by atoms with Gasteiger partial charge in [0.25, 0.3) is 0 Å². The van der Waals surface area contributed by atoms with Gasteiger partial charge in [0.15, 0.2) is 0 Å². The van der Waals surface area contributed by atoms with Gasteiger partial charge in [0.05, 0.1) is 19.3 Å². The lowest BCUT2D eigenvalue weighted by Gasteiger charge is -2.36. The average molecular weight is 277 g/mol. The first kappa shape index (κ1) is 15.3. The van der Waals surface area contributed by atoms with Crippen LogP contribution in [0.5, 0.6) is 0 Å². The number of anilines is 1.